The predicted molar refractivity (Wildman–Crippen MR) is 55.6 cm³/mol. The first-order valence-corrected chi connectivity index (χ1v) is 5.53. The summed E-state index contributed by atoms with van der Waals surface area (Å²) < 4.78 is 7.37. The Morgan fingerprint density at radius 1 is 1.57 bits per heavy atom. The van der Waals surface area contributed by atoms with Gasteiger partial charge in [0.1, 0.15) is 0 Å². The molecular weight excluding hydrogens is 200 g/mol. The predicted octanol–water partition coefficient (Wildman–Crippen LogP) is 2.28. The van der Waals surface area contributed by atoms with Crippen molar-refractivity contribution in [3.8, 4) is 0 Å². The summed E-state index contributed by atoms with van der Waals surface area (Å²) in [5.41, 5.74) is 2.18. The number of rotatable bonds is 2. The van der Waals surface area contributed by atoms with Crippen molar-refractivity contribution in [2.24, 2.45) is 0 Å². The minimum Gasteiger partial charge on any atom is -0.381 e. The topological polar surface area (TPSA) is 27.1 Å². The van der Waals surface area contributed by atoms with Crippen LogP contribution in [0.1, 0.15) is 30.1 Å². The molecule has 1 fully saturated rings. The van der Waals surface area contributed by atoms with Crippen molar-refractivity contribution in [3.05, 3.63) is 17.5 Å². The Balaban J connectivity index is 2.14. The van der Waals surface area contributed by atoms with Crippen LogP contribution in [0.5, 0.6) is 0 Å². The molecule has 1 aromatic rings. The SMILES string of the molecule is Cc1nn(C2CCOCC2)cc1CCl. The van der Waals surface area contributed by atoms with E-state index in [1.807, 2.05) is 6.92 Å². The molecule has 2 rings (SSSR count). The summed E-state index contributed by atoms with van der Waals surface area (Å²) in [4.78, 5) is 0. The van der Waals surface area contributed by atoms with Crippen molar-refractivity contribution in [1.82, 2.24) is 9.78 Å². The van der Waals surface area contributed by atoms with E-state index in [0.29, 0.717) is 11.9 Å². The Bertz CT molecular complexity index is 305. The van der Waals surface area contributed by atoms with Crippen LogP contribution < -0.4 is 0 Å². The van der Waals surface area contributed by atoms with Gasteiger partial charge < -0.3 is 4.74 Å². The Hall–Kier alpha value is -0.540. The van der Waals surface area contributed by atoms with Gasteiger partial charge in [-0.05, 0) is 19.8 Å². The van der Waals surface area contributed by atoms with Crippen LogP contribution in [0.4, 0.5) is 0 Å². The van der Waals surface area contributed by atoms with Crippen LogP contribution in [-0.4, -0.2) is 23.0 Å². The lowest BCUT2D eigenvalue weighted by Crippen LogP contribution is -2.19. The van der Waals surface area contributed by atoms with Crippen LogP contribution >= 0.6 is 11.6 Å². The Labute approximate surface area is 89.0 Å². The Morgan fingerprint density at radius 2 is 2.29 bits per heavy atom. The molecule has 14 heavy (non-hydrogen) atoms. The van der Waals surface area contributed by atoms with Gasteiger partial charge in [-0.3, -0.25) is 4.68 Å². The highest BCUT2D eigenvalue weighted by molar-refractivity contribution is 6.17. The molecule has 4 heteroatoms. The number of ether oxygens (including phenoxy) is 1. The van der Waals surface area contributed by atoms with E-state index in [0.717, 1.165) is 37.3 Å². The summed E-state index contributed by atoms with van der Waals surface area (Å²) in [5, 5.41) is 4.48. The zero-order chi connectivity index (χ0) is 9.97. The highest BCUT2D eigenvalue weighted by atomic mass is 35.5. The third kappa shape index (κ3) is 1.93. The average molecular weight is 215 g/mol. The largest absolute Gasteiger partial charge is 0.381 e. The third-order valence-electron chi connectivity index (χ3n) is 2.73. The van der Waals surface area contributed by atoms with Gasteiger partial charge in [0, 0.05) is 25.0 Å². The van der Waals surface area contributed by atoms with Crippen LogP contribution in [0.25, 0.3) is 0 Å². The zero-order valence-corrected chi connectivity index (χ0v) is 9.13. The zero-order valence-electron chi connectivity index (χ0n) is 8.37. The minimum absolute atomic E-state index is 0.499. The Morgan fingerprint density at radius 3 is 2.86 bits per heavy atom. The molecule has 0 amide bonds. The molecule has 0 radical (unpaired) electrons. The second-order valence-corrected chi connectivity index (χ2v) is 3.96. The average Bonchev–Trinajstić information content (AvgIpc) is 2.61. The van der Waals surface area contributed by atoms with Crippen molar-refractivity contribution in [2.75, 3.05) is 13.2 Å². The number of aryl methyl sites for hydroxylation is 1. The van der Waals surface area contributed by atoms with Crippen LogP contribution in [0.15, 0.2) is 6.20 Å². The maximum atomic E-state index is 5.81. The highest BCUT2D eigenvalue weighted by Gasteiger charge is 2.17. The van der Waals surface area contributed by atoms with Crippen molar-refractivity contribution in [3.63, 3.8) is 0 Å². The molecule has 78 valence electrons. The highest BCUT2D eigenvalue weighted by Crippen LogP contribution is 2.21. The molecule has 0 N–H and O–H groups in total. The first-order chi connectivity index (χ1) is 6.81. The maximum Gasteiger partial charge on any atom is 0.0637 e. The summed E-state index contributed by atoms with van der Waals surface area (Å²) in [6, 6.07) is 0.499. The molecular formula is C10H15ClN2O. The van der Waals surface area contributed by atoms with Gasteiger partial charge in [0.15, 0.2) is 0 Å². The van der Waals surface area contributed by atoms with Gasteiger partial charge in [0.2, 0.25) is 0 Å². The van der Waals surface area contributed by atoms with E-state index in [-0.39, 0.29) is 0 Å². The first kappa shape index (κ1) is 9.99. The molecule has 0 spiro atoms. The first-order valence-electron chi connectivity index (χ1n) is 4.99. The fourth-order valence-corrected chi connectivity index (χ4v) is 2.05. The molecule has 1 aliphatic rings. The minimum atomic E-state index is 0.499. The molecule has 0 aromatic carbocycles. The Kier molecular flexibility index (Phi) is 3.08. The lowest BCUT2D eigenvalue weighted by molar-refractivity contribution is 0.0661. The fraction of sp³-hybridized carbons (Fsp3) is 0.700. The monoisotopic (exact) mass is 214 g/mol. The quantitative estimate of drug-likeness (QED) is 0.707. The van der Waals surface area contributed by atoms with Crippen LogP contribution in [-0.2, 0) is 10.6 Å². The molecule has 1 aliphatic heterocycles. The van der Waals surface area contributed by atoms with Gasteiger partial charge >= 0.3 is 0 Å². The molecule has 3 nitrogen and oxygen atoms in total. The molecule has 1 saturated heterocycles. The number of nitrogens with zero attached hydrogens (tertiary/aromatic N) is 2. The second-order valence-electron chi connectivity index (χ2n) is 3.70. The molecule has 0 bridgehead atoms. The van der Waals surface area contributed by atoms with Gasteiger partial charge in [-0.25, -0.2) is 0 Å². The molecule has 1 aromatic heterocycles. The fourth-order valence-electron chi connectivity index (χ4n) is 1.79. The van der Waals surface area contributed by atoms with Gasteiger partial charge in [-0.15, -0.1) is 11.6 Å². The standard InChI is InChI=1S/C10H15ClN2O/c1-8-9(6-11)7-13(12-8)10-2-4-14-5-3-10/h7,10H,2-6H2,1H3. The van der Waals surface area contributed by atoms with Gasteiger partial charge in [-0.1, -0.05) is 0 Å². The summed E-state index contributed by atoms with van der Waals surface area (Å²) in [6.45, 7) is 3.70. The number of aromatic nitrogens is 2. The third-order valence-corrected chi connectivity index (χ3v) is 3.02. The van der Waals surface area contributed by atoms with Crippen molar-refractivity contribution in [2.45, 2.75) is 31.7 Å². The van der Waals surface area contributed by atoms with E-state index in [1.165, 1.54) is 0 Å². The van der Waals surface area contributed by atoms with Gasteiger partial charge in [-0.2, -0.15) is 5.10 Å². The van der Waals surface area contributed by atoms with E-state index in [2.05, 4.69) is 16.0 Å². The van der Waals surface area contributed by atoms with Crippen LogP contribution in [0, 0.1) is 6.92 Å². The number of halogens is 1. The molecule has 0 aliphatic carbocycles. The molecule has 0 atom stereocenters. The molecule has 2 heterocycles. The lowest BCUT2D eigenvalue weighted by atomic mass is 10.1. The number of hydrogen-bond donors (Lipinski definition) is 0. The molecule has 0 unspecified atom stereocenters. The van der Waals surface area contributed by atoms with Crippen molar-refractivity contribution < 1.29 is 4.74 Å². The normalized spacial score (nSPS) is 18.7. The number of alkyl halides is 1. The lowest BCUT2D eigenvalue weighted by Gasteiger charge is -2.22. The van der Waals surface area contributed by atoms with Crippen molar-refractivity contribution >= 4 is 11.6 Å². The number of hydrogen-bond acceptors (Lipinski definition) is 2. The van der Waals surface area contributed by atoms with E-state index < -0.39 is 0 Å². The van der Waals surface area contributed by atoms with Crippen LogP contribution in [0.2, 0.25) is 0 Å². The summed E-state index contributed by atoms with van der Waals surface area (Å²) >= 11 is 5.81. The van der Waals surface area contributed by atoms with E-state index in [9.17, 15) is 0 Å². The maximum absolute atomic E-state index is 5.81. The summed E-state index contributed by atoms with van der Waals surface area (Å²) in [6.07, 6.45) is 4.18. The van der Waals surface area contributed by atoms with E-state index in [1.54, 1.807) is 0 Å². The van der Waals surface area contributed by atoms with Gasteiger partial charge in [0.05, 0.1) is 17.6 Å². The van der Waals surface area contributed by atoms with Gasteiger partial charge in [0.25, 0.3) is 0 Å². The summed E-state index contributed by atoms with van der Waals surface area (Å²) in [5.74, 6) is 0.551. The smallest absolute Gasteiger partial charge is 0.0637 e. The van der Waals surface area contributed by atoms with Crippen molar-refractivity contribution in [1.29, 1.82) is 0 Å². The second kappa shape index (κ2) is 4.32. The molecule has 0 saturated carbocycles. The van der Waals surface area contributed by atoms with E-state index >= 15 is 0 Å². The summed E-state index contributed by atoms with van der Waals surface area (Å²) in [7, 11) is 0. The van der Waals surface area contributed by atoms with E-state index in [4.69, 9.17) is 16.3 Å². The van der Waals surface area contributed by atoms with Crippen LogP contribution in [0.3, 0.4) is 0 Å².